The number of hydrogen-bond donors (Lipinski definition) is 0. The molecule has 60 heavy (non-hydrogen) atoms. The SMILES string of the molecule is COc1ccc(CN(Cc2ccc(OC)cc2)S(=O)(=O)c2c(CC(=O)OC(C)(C)C)ccc(-c3cccc4ncccc34)c2-c2nnn(Cc3ccc(OC)cc3)n2)cc1. The first-order valence-corrected chi connectivity index (χ1v) is 20.7. The van der Waals surface area contributed by atoms with Crippen LogP contribution in [0, 0.1) is 0 Å². The highest BCUT2D eigenvalue weighted by Crippen LogP contribution is 2.42. The number of fused-ring (bicyclic) bond motifs is 1. The van der Waals surface area contributed by atoms with Gasteiger partial charge < -0.3 is 18.9 Å². The molecule has 5 aromatic carbocycles. The molecule has 0 atom stereocenters. The normalized spacial score (nSPS) is 11.8. The van der Waals surface area contributed by atoms with Crippen molar-refractivity contribution < 1.29 is 32.2 Å². The molecule has 0 bridgehead atoms. The molecule has 0 radical (unpaired) electrons. The first-order chi connectivity index (χ1) is 28.8. The maximum Gasteiger partial charge on any atom is 0.310 e. The van der Waals surface area contributed by atoms with Gasteiger partial charge in [0.05, 0.1) is 50.3 Å². The van der Waals surface area contributed by atoms with E-state index in [1.54, 1.807) is 84.7 Å². The van der Waals surface area contributed by atoms with Gasteiger partial charge in [0, 0.05) is 24.7 Å². The van der Waals surface area contributed by atoms with E-state index in [0.717, 1.165) is 10.9 Å². The Kier molecular flexibility index (Phi) is 12.2. The van der Waals surface area contributed by atoms with Gasteiger partial charge in [0.2, 0.25) is 15.8 Å². The quantitative estimate of drug-likeness (QED) is 0.0930. The van der Waals surface area contributed by atoms with E-state index < -0.39 is 21.6 Å². The largest absolute Gasteiger partial charge is 0.497 e. The minimum atomic E-state index is -4.55. The van der Waals surface area contributed by atoms with Crippen LogP contribution in [0.15, 0.2) is 126 Å². The van der Waals surface area contributed by atoms with Gasteiger partial charge >= 0.3 is 5.97 Å². The van der Waals surface area contributed by atoms with Gasteiger partial charge in [0.15, 0.2) is 0 Å². The van der Waals surface area contributed by atoms with Crippen LogP contribution < -0.4 is 14.2 Å². The molecule has 0 fully saturated rings. The summed E-state index contributed by atoms with van der Waals surface area (Å²) in [6, 6.07) is 34.8. The van der Waals surface area contributed by atoms with Gasteiger partial charge in [-0.2, -0.15) is 9.10 Å². The van der Waals surface area contributed by atoms with E-state index in [9.17, 15) is 4.79 Å². The van der Waals surface area contributed by atoms with Crippen molar-refractivity contribution in [2.45, 2.75) is 57.3 Å². The average molecular weight is 827 g/mol. The third-order valence-electron chi connectivity index (χ3n) is 9.72. The smallest absolute Gasteiger partial charge is 0.310 e. The molecule has 0 amide bonds. The lowest BCUT2D eigenvalue weighted by atomic mass is 9.93. The maximum absolute atomic E-state index is 15.9. The van der Waals surface area contributed by atoms with Crippen molar-refractivity contribution in [2.75, 3.05) is 21.3 Å². The first-order valence-electron chi connectivity index (χ1n) is 19.2. The van der Waals surface area contributed by atoms with Crippen LogP contribution in [0.4, 0.5) is 0 Å². The predicted octanol–water partition coefficient (Wildman–Crippen LogP) is 7.90. The molecule has 0 unspecified atom stereocenters. The van der Waals surface area contributed by atoms with E-state index in [2.05, 4.69) is 15.3 Å². The third-order valence-corrected chi connectivity index (χ3v) is 11.6. The Morgan fingerprint density at radius 1 is 0.700 bits per heavy atom. The Morgan fingerprint density at radius 3 is 1.85 bits per heavy atom. The van der Waals surface area contributed by atoms with Crippen molar-refractivity contribution >= 4 is 26.9 Å². The molecular weight excluding hydrogens is 781 g/mol. The fraction of sp³-hybridized carbons (Fsp3) is 0.239. The second-order valence-corrected chi connectivity index (χ2v) is 17.0. The molecule has 7 aromatic rings. The van der Waals surface area contributed by atoms with Crippen LogP contribution in [0.1, 0.15) is 43.0 Å². The Morgan fingerprint density at radius 2 is 1.28 bits per heavy atom. The van der Waals surface area contributed by atoms with Crippen molar-refractivity contribution in [3.8, 4) is 39.8 Å². The van der Waals surface area contributed by atoms with Crippen molar-refractivity contribution in [3.05, 3.63) is 144 Å². The molecule has 0 aliphatic rings. The van der Waals surface area contributed by atoms with Crippen molar-refractivity contribution in [1.29, 1.82) is 0 Å². The Hall–Kier alpha value is -6.64. The molecule has 0 saturated carbocycles. The number of carbonyl (C=O) groups excluding carboxylic acids is 1. The van der Waals surface area contributed by atoms with E-state index in [1.165, 1.54) is 9.10 Å². The standard InChI is InChI=1S/C46H46N6O7S/c1-46(2,3)59-42(53)27-34-18-25-40(38-9-7-11-41-39(38)10-8-26-47-41)43(45-48-50-52(49-45)30-33-16-23-37(58-6)24-17-33)44(34)60(54,55)51(28-31-12-19-35(56-4)20-13-31)29-32-14-21-36(57-5)22-15-32/h7-26H,27-30H2,1-6H3. The van der Waals surface area contributed by atoms with Crippen LogP contribution in [-0.2, 0) is 45.6 Å². The van der Waals surface area contributed by atoms with Crippen LogP contribution in [0.3, 0.4) is 0 Å². The summed E-state index contributed by atoms with van der Waals surface area (Å²) in [6.45, 7) is 5.49. The Bertz CT molecular complexity index is 2660. The summed E-state index contributed by atoms with van der Waals surface area (Å²) < 4.78 is 55.1. The number of tetrazole rings is 1. The number of ether oxygens (including phenoxy) is 4. The van der Waals surface area contributed by atoms with Gasteiger partial charge in [-0.15, -0.1) is 10.2 Å². The lowest BCUT2D eigenvalue weighted by Crippen LogP contribution is -2.32. The zero-order valence-electron chi connectivity index (χ0n) is 34.3. The number of carbonyl (C=O) groups is 1. The second-order valence-electron chi connectivity index (χ2n) is 15.1. The first kappa shape index (κ1) is 41.5. The monoisotopic (exact) mass is 826 g/mol. The highest BCUT2D eigenvalue weighted by atomic mass is 32.2. The topological polar surface area (TPSA) is 148 Å². The molecule has 7 rings (SSSR count). The zero-order chi connectivity index (χ0) is 42.4. The summed E-state index contributed by atoms with van der Waals surface area (Å²) in [7, 11) is 0.192. The van der Waals surface area contributed by atoms with E-state index in [4.69, 9.17) is 24.0 Å². The summed E-state index contributed by atoms with van der Waals surface area (Å²) >= 11 is 0. The fourth-order valence-electron chi connectivity index (χ4n) is 6.91. The minimum Gasteiger partial charge on any atom is -0.497 e. The zero-order valence-corrected chi connectivity index (χ0v) is 35.1. The van der Waals surface area contributed by atoms with Gasteiger partial charge in [-0.25, -0.2) is 8.42 Å². The molecule has 0 aliphatic carbocycles. The van der Waals surface area contributed by atoms with E-state index in [0.29, 0.717) is 45.0 Å². The number of nitrogens with zero attached hydrogens (tertiary/aromatic N) is 6. The van der Waals surface area contributed by atoms with E-state index >= 15 is 8.42 Å². The molecule has 2 heterocycles. The van der Waals surface area contributed by atoms with Gasteiger partial charge in [0.1, 0.15) is 22.8 Å². The second kappa shape index (κ2) is 17.7. The van der Waals surface area contributed by atoms with Gasteiger partial charge in [-0.05, 0) is 108 Å². The predicted molar refractivity (Wildman–Crippen MR) is 228 cm³/mol. The molecule has 0 spiro atoms. The van der Waals surface area contributed by atoms with Gasteiger partial charge in [-0.1, -0.05) is 66.7 Å². The number of sulfonamides is 1. The van der Waals surface area contributed by atoms with Crippen LogP contribution in [-0.4, -0.2) is 70.8 Å². The molecule has 0 N–H and O–H groups in total. The number of rotatable bonds is 15. The number of hydrogen-bond acceptors (Lipinski definition) is 11. The maximum atomic E-state index is 15.9. The fourth-order valence-corrected chi connectivity index (χ4v) is 8.73. The van der Waals surface area contributed by atoms with Gasteiger partial charge in [0.25, 0.3) is 0 Å². The van der Waals surface area contributed by atoms with Crippen LogP contribution in [0.2, 0.25) is 0 Å². The lowest BCUT2D eigenvalue weighted by molar-refractivity contribution is -0.153. The minimum absolute atomic E-state index is 0.0241. The third kappa shape index (κ3) is 9.46. The molecule has 308 valence electrons. The number of esters is 1. The lowest BCUT2D eigenvalue weighted by Gasteiger charge is -2.27. The van der Waals surface area contributed by atoms with Crippen molar-refractivity contribution in [1.82, 2.24) is 29.5 Å². The number of pyridine rings is 1. The van der Waals surface area contributed by atoms with Gasteiger partial charge in [-0.3, -0.25) is 9.78 Å². The van der Waals surface area contributed by atoms with Crippen LogP contribution in [0.5, 0.6) is 17.2 Å². The molecule has 2 aromatic heterocycles. The van der Waals surface area contributed by atoms with Crippen LogP contribution >= 0.6 is 0 Å². The average Bonchev–Trinajstić information content (AvgIpc) is 3.71. The molecule has 0 saturated heterocycles. The number of methoxy groups -OCH3 is 3. The summed E-state index contributed by atoms with van der Waals surface area (Å²) in [5.74, 6) is 1.42. The number of benzene rings is 5. The summed E-state index contributed by atoms with van der Waals surface area (Å²) in [4.78, 5) is 19.5. The van der Waals surface area contributed by atoms with E-state index in [-0.39, 0.29) is 47.9 Å². The van der Waals surface area contributed by atoms with Crippen molar-refractivity contribution in [2.24, 2.45) is 0 Å². The van der Waals surface area contributed by atoms with Crippen LogP contribution in [0.25, 0.3) is 33.4 Å². The Balaban J connectivity index is 1.48. The highest BCUT2D eigenvalue weighted by molar-refractivity contribution is 7.89. The Labute approximate surface area is 349 Å². The summed E-state index contributed by atoms with van der Waals surface area (Å²) in [5.41, 5.74) is 3.78. The molecule has 0 aliphatic heterocycles. The summed E-state index contributed by atoms with van der Waals surface area (Å²) in [6.07, 6.45) is 1.35. The highest BCUT2D eigenvalue weighted by Gasteiger charge is 2.35. The molecule has 14 heteroatoms. The summed E-state index contributed by atoms with van der Waals surface area (Å²) in [5, 5.41) is 14.5. The van der Waals surface area contributed by atoms with E-state index in [1.807, 2.05) is 78.9 Å². The molecular formula is C46H46N6O7S. The molecule has 13 nitrogen and oxygen atoms in total. The van der Waals surface area contributed by atoms with Crippen molar-refractivity contribution in [3.63, 3.8) is 0 Å². The number of aromatic nitrogens is 5.